The van der Waals surface area contributed by atoms with Crippen LogP contribution in [0.3, 0.4) is 0 Å². The summed E-state index contributed by atoms with van der Waals surface area (Å²) in [7, 11) is 0. The predicted octanol–water partition coefficient (Wildman–Crippen LogP) is 4.21. The highest BCUT2D eigenvalue weighted by molar-refractivity contribution is 6.65. The molecule has 2 aromatic heterocycles. The lowest BCUT2D eigenvalue weighted by atomic mass is 10.2. The van der Waals surface area contributed by atoms with Crippen LogP contribution in [0.15, 0.2) is 47.5 Å². The van der Waals surface area contributed by atoms with E-state index in [9.17, 15) is 0 Å². The van der Waals surface area contributed by atoms with Gasteiger partial charge in [-0.05, 0) is 5.56 Å². The minimum absolute atomic E-state index is 0.0775. The first kappa shape index (κ1) is 15.1. The molecule has 2 heterocycles. The quantitative estimate of drug-likeness (QED) is 0.703. The van der Waals surface area contributed by atoms with E-state index in [2.05, 4.69) is 15.0 Å². The Morgan fingerprint density at radius 1 is 1.05 bits per heavy atom. The van der Waals surface area contributed by atoms with E-state index in [4.69, 9.17) is 39.5 Å². The number of aromatic nitrogens is 4. The smallest absolute Gasteiger partial charge is 0.245 e. The van der Waals surface area contributed by atoms with Crippen LogP contribution >= 0.6 is 34.8 Å². The molecule has 0 saturated carbocycles. The number of hydrogen-bond donors (Lipinski definition) is 0. The van der Waals surface area contributed by atoms with E-state index >= 15 is 0 Å². The average Bonchev–Trinajstić information content (AvgIpc) is 2.97. The molecule has 0 aliphatic carbocycles. The largest absolute Gasteiger partial charge is 0.471 e. The molecule has 3 rings (SSSR count). The van der Waals surface area contributed by atoms with Gasteiger partial charge in [-0.15, -0.1) is 0 Å². The van der Waals surface area contributed by atoms with Gasteiger partial charge < -0.3 is 4.74 Å². The van der Waals surface area contributed by atoms with Crippen LogP contribution in [0.4, 0.5) is 0 Å². The molecule has 0 fully saturated rings. The Balaban J connectivity index is 1.93. The van der Waals surface area contributed by atoms with Gasteiger partial charge in [0.1, 0.15) is 28.9 Å². The van der Waals surface area contributed by atoms with E-state index in [-0.39, 0.29) is 9.65 Å². The normalized spacial score (nSPS) is 10.7. The molecule has 3 aromatic rings. The number of fused-ring (bicyclic) bond motifs is 1. The SMILES string of the molecule is ClC(Cl)=C(Cl)n1cnc2c(OCc3ccccc3)ncnc21. The molecule has 0 aliphatic heterocycles. The zero-order chi connectivity index (χ0) is 15.5. The summed E-state index contributed by atoms with van der Waals surface area (Å²) in [4.78, 5) is 12.5. The first-order valence-corrected chi connectivity index (χ1v) is 7.36. The summed E-state index contributed by atoms with van der Waals surface area (Å²) in [5, 5.41) is 0.110. The summed E-state index contributed by atoms with van der Waals surface area (Å²) in [5.74, 6) is 0.364. The van der Waals surface area contributed by atoms with Gasteiger partial charge in [0.15, 0.2) is 11.2 Å². The lowest BCUT2D eigenvalue weighted by molar-refractivity contribution is 0.297. The van der Waals surface area contributed by atoms with E-state index in [0.717, 1.165) is 5.56 Å². The van der Waals surface area contributed by atoms with Crippen LogP contribution in [0.1, 0.15) is 5.56 Å². The molecule has 0 unspecified atom stereocenters. The van der Waals surface area contributed by atoms with Gasteiger partial charge in [0.2, 0.25) is 5.88 Å². The molecule has 0 radical (unpaired) electrons. The maximum absolute atomic E-state index is 6.02. The van der Waals surface area contributed by atoms with E-state index < -0.39 is 0 Å². The highest BCUT2D eigenvalue weighted by atomic mass is 35.5. The summed E-state index contributed by atoms with van der Waals surface area (Å²) in [6, 6.07) is 9.75. The molecule has 1 aromatic carbocycles. The molecule has 5 nitrogen and oxygen atoms in total. The number of hydrogen-bond acceptors (Lipinski definition) is 4. The Morgan fingerprint density at radius 2 is 1.82 bits per heavy atom. The number of benzene rings is 1. The molecule has 0 aliphatic rings. The van der Waals surface area contributed by atoms with Crippen molar-refractivity contribution in [2.45, 2.75) is 6.61 Å². The van der Waals surface area contributed by atoms with Gasteiger partial charge in [-0.25, -0.2) is 9.97 Å². The van der Waals surface area contributed by atoms with E-state index in [0.29, 0.717) is 23.7 Å². The molecule has 112 valence electrons. The van der Waals surface area contributed by atoms with Crippen molar-refractivity contribution in [2.24, 2.45) is 0 Å². The van der Waals surface area contributed by atoms with Crippen molar-refractivity contribution in [3.8, 4) is 5.88 Å². The van der Waals surface area contributed by atoms with Crippen molar-refractivity contribution in [2.75, 3.05) is 0 Å². The van der Waals surface area contributed by atoms with Gasteiger partial charge in [-0.3, -0.25) is 4.57 Å². The molecule has 0 saturated heterocycles. The fourth-order valence-corrected chi connectivity index (χ4v) is 2.19. The minimum Gasteiger partial charge on any atom is -0.471 e. The number of nitrogens with zero attached hydrogens (tertiary/aromatic N) is 4. The van der Waals surface area contributed by atoms with Crippen molar-refractivity contribution in [1.29, 1.82) is 0 Å². The van der Waals surface area contributed by atoms with Crippen LogP contribution in [0.25, 0.3) is 16.3 Å². The third-order valence-electron chi connectivity index (χ3n) is 2.89. The van der Waals surface area contributed by atoms with Crippen LogP contribution in [0.2, 0.25) is 0 Å². The lowest BCUT2D eigenvalue weighted by Gasteiger charge is -2.06. The maximum Gasteiger partial charge on any atom is 0.245 e. The Morgan fingerprint density at radius 3 is 2.55 bits per heavy atom. The Bertz CT molecular complexity index is 828. The van der Waals surface area contributed by atoms with Crippen molar-refractivity contribution in [3.63, 3.8) is 0 Å². The fourth-order valence-electron chi connectivity index (χ4n) is 1.88. The second kappa shape index (κ2) is 6.52. The Kier molecular flexibility index (Phi) is 4.47. The van der Waals surface area contributed by atoms with E-state index in [1.807, 2.05) is 30.3 Å². The summed E-state index contributed by atoms with van der Waals surface area (Å²) < 4.78 is 7.09. The zero-order valence-corrected chi connectivity index (χ0v) is 13.3. The number of rotatable bonds is 4. The second-order valence-electron chi connectivity index (χ2n) is 4.29. The zero-order valence-electron chi connectivity index (χ0n) is 11.1. The van der Waals surface area contributed by atoms with Crippen LogP contribution in [0, 0.1) is 0 Å². The Labute approximate surface area is 141 Å². The Hall–Kier alpha value is -1.82. The molecule has 0 bridgehead atoms. The number of imidazole rings is 1. The molecule has 8 heteroatoms. The van der Waals surface area contributed by atoms with Gasteiger partial charge >= 0.3 is 0 Å². The first-order chi connectivity index (χ1) is 10.7. The van der Waals surface area contributed by atoms with Crippen molar-refractivity contribution >= 4 is 51.1 Å². The first-order valence-electron chi connectivity index (χ1n) is 6.22. The van der Waals surface area contributed by atoms with E-state index in [1.54, 1.807) is 0 Å². The predicted molar refractivity (Wildman–Crippen MR) is 86.9 cm³/mol. The van der Waals surface area contributed by atoms with Crippen LogP contribution in [-0.4, -0.2) is 19.5 Å². The van der Waals surface area contributed by atoms with Crippen LogP contribution < -0.4 is 4.74 Å². The minimum atomic E-state index is -0.0775. The molecule has 22 heavy (non-hydrogen) atoms. The summed E-state index contributed by atoms with van der Waals surface area (Å²) >= 11 is 17.4. The highest BCUT2D eigenvalue weighted by Crippen LogP contribution is 2.28. The van der Waals surface area contributed by atoms with Crippen LogP contribution in [-0.2, 0) is 6.61 Å². The van der Waals surface area contributed by atoms with Gasteiger partial charge in [0.25, 0.3) is 0 Å². The van der Waals surface area contributed by atoms with Crippen LogP contribution in [0.5, 0.6) is 5.88 Å². The van der Waals surface area contributed by atoms with E-state index in [1.165, 1.54) is 17.2 Å². The van der Waals surface area contributed by atoms with Gasteiger partial charge in [0, 0.05) is 0 Å². The van der Waals surface area contributed by atoms with Crippen molar-refractivity contribution in [3.05, 3.63) is 53.0 Å². The highest BCUT2D eigenvalue weighted by Gasteiger charge is 2.14. The fraction of sp³-hybridized carbons (Fsp3) is 0.0714. The molecular formula is C14H9Cl3N4O. The third-order valence-corrected chi connectivity index (χ3v) is 3.81. The number of halogens is 3. The monoisotopic (exact) mass is 354 g/mol. The van der Waals surface area contributed by atoms with Gasteiger partial charge in [-0.1, -0.05) is 65.1 Å². The summed E-state index contributed by atoms with van der Waals surface area (Å²) in [6.07, 6.45) is 2.83. The van der Waals surface area contributed by atoms with Gasteiger partial charge in [0.05, 0.1) is 0 Å². The molecule has 0 N–H and O–H groups in total. The standard InChI is InChI=1S/C14H9Cl3N4O/c15-11(16)12(17)21-8-20-10-13(21)18-7-19-14(10)22-6-9-4-2-1-3-5-9/h1-5,7-8H,6H2. The summed E-state index contributed by atoms with van der Waals surface area (Å²) in [6.45, 7) is 0.375. The third kappa shape index (κ3) is 3.02. The summed E-state index contributed by atoms with van der Waals surface area (Å²) in [5.41, 5.74) is 1.96. The number of ether oxygens (including phenoxy) is 1. The van der Waals surface area contributed by atoms with Crippen molar-refractivity contribution < 1.29 is 4.74 Å². The molecule has 0 amide bonds. The van der Waals surface area contributed by atoms with Gasteiger partial charge in [-0.2, -0.15) is 4.98 Å². The molecular weight excluding hydrogens is 347 g/mol. The average molecular weight is 356 g/mol. The van der Waals surface area contributed by atoms with Crippen molar-refractivity contribution in [1.82, 2.24) is 19.5 Å². The second-order valence-corrected chi connectivity index (χ2v) is 5.60. The maximum atomic E-state index is 6.02. The topological polar surface area (TPSA) is 52.8 Å². The lowest BCUT2D eigenvalue weighted by Crippen LogP contribution is -1.99. The molecule has 0 spiro atoms. The molecule has 0 atom stereocenters.